The van der Waals surface area contributed by atoms with E-state index < -0.39 is 12.0 Å². The van der Waals surface area contributed by atoms with Gasteiger partial charge in [-0.25, -0.2) is 9.79 Å². The van der Waals surface area contributed by atoms with E-state index >= 15 is 0 Å². The van der Waals surface area contributed by atoms with Crippen LogP contribution in [-0.4, -0.2) is 74.0 Å². The molecule has 2 aromatic carbocycles. The molecule has 2 aromatic rings. The number of amides is 1. The highest BCUT2D eigenvalue weighted by Crippen LogP contribution is 2.48. The predicted molar refractivity (Wildman–Crippen MR) is 149 cm³/mol. The highest BCUT2D eigenvalue weighted by atomic mass is 32.2. The maximum atomic E-state index is 13.7. The molecule has 3 aliphatic heterocycles. The first-order chi connectivity index (χ1) is 19.0. The smallest absolute Gasteiger partial charge is 0.338 e. The summed E-state index contributed by atoms with van der Waals surface area (Å²) in [4.78, 5) is 35.7. The van der Waals surface area contributed by atoms with Gasteiger partial charge in [-0.15, -0.1) is 0 Å². The zero-order valence-electron chi connectivity index (χ0n) is 22.2. The van der Waals surface area contributed by atoms with Crippen LogP contribution in [0.1, 0.15) is 30.5 Å². The maximum absolute atomic E-state index is 13.7. The number of fused-ring (bicyclic) bond motifs is 1. The third kappa shape index (κ3) is 5.39. The molecule has 1 amide bonds. The number of methoxy groups -OCH3 is 2. The van der Waals surface area contributed by atoms with Crippen LogP contribution in [0.3, 0.4) is 0 Å². The highest BCUT2D eigenvalue weighted by Gasteiger charge is 2.43. The van der Waals surface area contributed by atoms with Gasteiger partial charge in [-0.2, -0.15) is 0 Å². The number of hydrogen-bond acceptors (Lipinski definition) is 9. The molecule has 0 unspecified atom stereocenters. The zero-order chi connectivity index (χ0) is 27.4. The Morgan fingerprint density at radius 2 is 1.79 bits per heavy atom. The van der Waals surface area contributed by atoms with Gasteiger partial charge in [0, 0.05) is 24.4 Å². The number of thioether (sulfide) groups is 1. The van der Waals surface area contributed by atoms with E-state index in [0.717, 1.165) is 16.8 Å². The second-order valence-corrected chi connectivity index (χ2v) is 9.86. The fourth-order valence-electron chi connectivity index (χ4n) is 4.91. The highest BCUT2D eigenvalue weighted by molar-refractivity contribution is 8.16. The minimum Gasteiger partial charge on any atom is -0.493 e. The molecule has 39 heavy (non-hydrogen) atoms. The third-order valence-electron chi connectivity index (χ3n) is 6.77. The number of carbonyl (C=O) groups is 2. The van der Waals surface area contributed by atoms with Crippen molar-refractivity contribution in [1.29, 1.82) is 0 Å². The third-order valence-corrected chi connectivity index (χ3v) is 7.66. The molecule has 0 aliphatic carbocycles. The Morgan fingerprint density at radius 3 is 2.49 bits per heavy atom. The van der Waals surface area contributed by atoms with Crippen LogP contribution >= 0.6 is 11.8 Å². The fraction of sp³-hybridized carbons (Fsp3) is 0.345. The Hall–Kier alpha value is -3.76. The van der Waals surface area contributed by atoms with Crippen LogP contribution in [0.5, 0.6) is 11.5 Å². The lowest BCUT2D eigenvalue weighted by molar-refractivity contribution is -0.139. The normalized spacial score (nSPS) is 18.8. The van der Waals surface area contributed by atoms with Gasteiger partial charge in [0.05, 0.1) is 57.8 Å². The van der Waals surface area contributed by atoms with E-state index in [9.17, 15) is 9.59 Å². The van der Waals surface area contributed by atoms with Crippen molar-refractivity contribution in [2.45, 2.75) is 19.4 Å². The van der Waals surface area contributed by atoms with E-state index in [2.05, 4.69) is 0 Å². The Balaban J connectivity index is 1.64. The first-order valence-corrected chi connectivity index (χ1v) is 13.7. The number of nitrogens with zero attached hydrogens (tertiary/aromatic N) is 3. The monoisotopic (exact) mass is 549 g/mol. The summed E-state index contributed by atoms with van der Waals surface area (Å²) in [6, 6.07) is 14.6. The molecular weight excluding hydrogens is 518 g/mol. The van der Waals surface area contributed by atoms with Crippen LogP contribution in [0.2, 0.25) is 0 Å². The van der Waals surface area contributed by atoms with Crippen molar-refractivity contribution < 1.29 is 28.5 Å². The van der Waals surface area contributed by atoms with Gasteiger partial charge in [-0.1, -0.05) is 48.2 Å². The molecule has 204 valence electrons. The molecule has 5 rings (SSSR count). The van der Waals surface area contributed by atoms with Gasteiger partial charge < -0.3 is 28.7 Å². The van der Waals surface area contributed by atoms with Crippen molar-refractivity contribution in [2.75, 3.05) is 47.1 Å². The van der Waals surface area contributed by atoms with Crippen LogP contribution in [0.15, 0.2) is 70.2 Å². The minimum atomic E-state index is -0.606. The minimum absolute atomic E-state index is 0.00739. The molecule has 1 saturated heterocycles. The Labute approximate surface area is 232 Å². The number of ether oxygens (including phenoxy) is 4. The van der Waals surface area contributed by atoms with Gasteiger partial charge in [-0.3, -0.25) is 4.79 Å². The first kappa shape index (κ1) is 26.8. The number of esters is 1. The van der Waals surface area contributed by atoms with Crippen LogP contribution in [0, 0.1) is 0 Å². The largest absolute Gasteiger partial charge is 0.493 e. The molecule has 3 aliphatic rings. The lowest BCUT2D eigenvalue weighted by Gasteiger charge is -2.37. The van der Waals surface area contributed by atoms with E-state index in [0.29, 0.717) is 54.2 Å². The number of rotatable bonds is 8. The summed E-state index contributed by atoms with van der Waals surface area (Å²) in [7, 11) is 3.15. The summed E-state index contributed by atoms with van der Waals surface area (Å²) in [5, 5.41) is 2.63. The summed E-state index contributed by atoms with van der Waals surface area (Å²) in [6.45, 7) is 4.17. The summed E-state index contributed by atoms with van der Waals surface area (Å²) >= 11 is 1.44. The number of morpholine rings is 1. The second kappa shape index (κ2) is 12.0. The second-order valence-electron chi connectivity index (χ2n) is 9.03. The van der Waals surface area contributed by atoms with Gasteiger partial charge in [0.25, 0.3) is 0 Å². The topological polar surface area (TPSA) is 89.9 Å². The Bertz CT molecular complexity index is 1330. The molecule has 1 atom stereocenters. The van der Waals surface area contributed by atoms with Crippen LogP contribution in [-0.2, 0) is 19.1 Å². The van der Waals surface area contributed by atoms with Crippen molar-refractivity contribution >= 4 is 34.5 Å². The molecule has 9 nitrogen and oxygen atoms in total. The van der Waals surface area contributed by atoms with E-state index in [-0.39, 0.29) is 18.9 Å². The van der Waals surface area contributed by atoms with Gasteiger partial charge >= 0.3 is 5.97 Å². The van der Waals surface area contributed by atoms with Crippen molar-refractivity contribution in [3.05, 3.63) is 76.3 Å². The molecule has 1 fully saturated rings. The van der Waals surface area contributed by atoms with Crippen molar-refractivity contribution in [1.82, 2.24) is 9.80 Å². The molecule has 0 saturated carbocycles. The van der Waals surface area contributed by atoms with Crippen LogP contribution in [0.25, 0.3) is 5.70 Å². The molecule has 0 aromatic heterocycles. The first-order valence-electron chi connectivity index (χ1n) is 12.8. The predicted octanol–water partition coefficient (Wildman–Crippen LogP) is 4.23. The molecule has 0 bridgehead atoms. The molecule has 0 N–H and O–H groups in total. The van der Waals surface area contributed by atoms with E-state index in [1.54, 1.807) is 21.1 Å². The van der Waals surface area contributed by atoms with Gasteiger partial charge in [-0.05, 0) is 30.0 Å². The van der Waals surface area contributed by atoms with Crippen molar-refractivity contribution in [3.8, 4) is 11.5 Å². The van der Waals surface area contributed by atoms with E-state index in [4.69, 9.17) is 23.9 Å². The van der Waals surface area contributed by atoms with Crippen LogP contribution in [0.4, 0.5) is 0 Å². The number of aliphatic imine (C=N–C) groups is 1. The van der Waals surface area contributed by atoms with Crippen LogP contribution < -0.4 is 9.47 Å². The lowest BCUT2D eigenvalue weighted by atomic mass is 9.91. The summed E-state index contributed by atoms with van der Waals surface area (Å²) < 4.78 is 22.1. The van der Waals surface area contributed by atoms with E-state index in [1.807, 2.05) is 63.7 Å². The van der Waals surface area contributed by atoms with Gasteiger partial charge in [0.2, 0.25) is 5.91 Å². The number of carbonyl (C=O) groups excluding carboxylic acids is 2. The Kier molecular flexibility index (Phi) is 8.23. The summed E-state index contributed by atoms with van der Waals surface area (Å²) in [5.74, 6) is 0.651. The average Bonchev–Trinajstić information content (AvgIpc) is 3.38. The lowest BCUT2D eigenvalue weighted by Crippen LogP contribution is -2.42. The molecular formula is C29H31N3O6S. The van der Waals surface area contributed by atoms with Gasteiger partial charge in [0.1, 0.15) is 0 Å². The maximum Gasteiger partial charge on any atom is 0.338 e. The molecule has 0 spiro atoms. The molecule has 0 radical (unpaired) electrons. The average molecular weight is 550 g/mol. The standard InChI is InChI=1S/C29H31N3O6S/c1-4-38-28(34)25-26(19-8-6-5-7-9-19)30-29-32(27(25)20-10-11-22(35-2)23(16-20)36-3)21(18-39-29)17-24(33)31-12-14-37-15-13-31/h5-11,16,18,27H,4,12-15,17H2,1-3H3/t27-/m0/s1. The Morgan fingerprint density at radius 1 is 1.05 bits per heavy atom. The number of hydrogen-bond donors (Lipinski definition) is 0. The van der Waals surface area contributed by atoms with Crippen molar-refractivity contribution in [2.24, 2.45) is 4.99 Å². The number of amidine groups is 1. The van der Waals surface area contributed by atoms with E-state index in [1.165, 1.54) is 11.8 Å². The fourth-order valence-corrected chi connectivity index (χ4v) is 5.82. The summed E-state index contributed by atoms with van der Waals surface area (Å²) in [5.41, 5.74) is 3.29. The molecule has 3 heterocycles. The quantitative estimate of drug-likeness (QED) is 0.452. The SMILES string of the molecule is CCOC(=O)C1=C(c2ccccc2)N=C2SC=C(CC(=O)N3CCOCC3)N2[C@H]1c1ccc(OC)c(OC)c1. The number of benzene rings is 2. The summed E-state index contributed by atoms with van der Waals surface area (Å²) in [6.07, 6.45) is 0.173. The zero-order valence-corrected chi connectivity index (χ0v) is 23.0. The van der Waals surface area contributed by atoms with Crippen molar-refractivity contribution in [3.63, 3.8) is 0 Å². The van der Waals surface area contributed by atoms with Gasteiger partial charge in [0.15, 0.2) is 16.7 Å². The molecule has 10 heteroatoms.